The summed E-state index contributed by atoms with van der Waals surface area (Å²) in [5.41, 5.74) is 2.61. The lowest BCUT2D eigenvalue weighted by atomic mass is 9.94. The van der Waals surface area contributed by atoms with Crippen molar-refractivity contribution in [1.29, 1.82) is 0 Å². The molecule has 1 aliphatic rings. The number of anilines is 2. The molecule has 11 heteroatoms. The quantitative estimate of drug-likeness (QED) is 0.126. The van der Waals surface area contributed by atoms with Crippen LogP contribution < -0.4 is 24.8 Å². The number of hydrogen-bond acceptors (Lipinski definition) is 8. The van der Waals surface area contributed by atoms with Gasteiger partial charge in [0, 0.05) is 11.4 Å². The lowest BCUT2D eigenvalue weighted by Crippen LogP contribution is -2.31. The fourth-order valence-electron chi connectivity index (χ4n) is 4.70. The van der Waals surface area contributed by atoms with Gasteiger partial charge in [0.15, 0.2) is 11.5 Å². The Morgan fingerprint density at radius 1 is 1.05 bits per heavy atom. The summed E-state index contributed by atoms with van der Waals surface area (Å²) in [4.78, 5) is 18.8. The number of thioether (sulfide) groups is 1. The summed E-state index contributed by atoms with van der Waals surface area (Å²) in [5, 5.41) is 11.9. The third-order valence-corrected chi connectivity index (χ3v) is 8.22. The summed E-state index contributed by atoms with van der Waals surface area (Å²) in [6.45, 7) is 11.6. The summed E-state index contributed by atoms with van der Waals surface area (Å²) < 4.78 is 20.5. The molecule has 1 amide bonds. The zero-order valence-corrected chi connectivity index (χ0v) is 27.4. The molecule has 3 aromatic rings. The maximum atomic E-state index is 14.1. The summed E-state index contributed by atoms with van der Waals surface area (Å²) in [6.07, 6.45) is 4.17. The minimum Gasteiger partial charge on any atom is -0.492 e. The van der Waals surface area contributed by atoms with E-state index in [1.165, 1.54) is 0 Å². The second-order valence-corrected chi connectivity index (χ2v) is 11.7. The topological polar surface area (TPSA) is 99.5 Å². The smallest absolute Gasteiger partial charge is 0.255 e. The second kappa shape index (κ2) is 15.3. The van der Waals surface area contributed by atoms with E-state index in [0.29, 0.717) is 65.1 Å². The number of aromatic nitrogens is 3. The van der Waals surface area contributed by atoms with Crippen molar-refractivity contribution in [3.63, 3.8) is 0 Å². The van der Waals surface area contributed by atoms with Gasteiger partial charge in [0.2, 0.25) is 11.1 Å². The van der Waals surface area contributed by atoms with E-state index >= 15 is 0 Å². The maximum Gasteiger partial charge on any atom is 0.255 e. The molecule has 2 N–H and O–H groups in total. The summed E-state index contributed by atoms with van der Waals surface area (Å²) in [5.74, 6) is 3.08. The normalized spacial score (nSPS) is 14.3. The molecule has 226 valence electrons. The molecule has 2 heterocycles. The molecule has 42 heavy (non-hydrogen) atoms. The van der Waals surface area contributed by atoms with Crippen molar-refractivity contribution < 1.29 is 19.0 Å². The number of amides is 1. The molecule has 1 unspecified atom stereocenters. The van der Waals surface area contributed by atoms with Crippen LogP contribution in [0.15, 0.2) is 57.3 Å². The number of nitrogens with one attached hydrogen (secondary N) is 2. The third kappa shape index (κ3) is 7.42. The SMILES string of the molecule is CCCCCOc1c(Br)cc(C2C(C(=O)Nc3ccccc3OCC)=C(C)Nc3nc(SCCC)nn32)cc1OCC. The Labute approximate surface area is 260 Å². The Balaban J connectivity index is 1.79. The van der Waals surface area contributed by atoms with Gasteiger partial charge < -0.3 is 24.8 Å². The molecular weight excluding hydrogens is 618 g/mol. The molecule has 0 saturated carbocycles. The van der Waals surface area contributed by atoms with Crippen molar-refractivity contribution in [1.82, 2.24) is 14.8 Å². The fourth-order valence-corrected chi connectivity index (χ4v) is 5.96. The first-order valence-corrected chi connectivity index (χ1v) is 16.4. The number of para-hydroxylation sites is 2. The van der Waals surface area contributed by atoms with Gasteiger partial charge in [0.05, 0.1) is 35.6 Å². The average Bonchev–Trinajstić information content (AvgIpc) is 3.37. The van der Waals surface area contributed by atoms with Gasteiger partial charge in [-0.3, -0.25) is 4.79 Å². The van der Waals surface area contributed by atoms with Crippen molar-refractivity contribution in [3.05, 3.63) is 57.7 Å². The van der Waals surface area contributed by atoms with Crippen LogP contribution in [0.2, 0.25) is 0 Å². The highest BCUT2D eigenvalue weighted by molar-refractivity contribution is 9.10. The van der Waals surface area contributed by atoms with E-state index in [0.717, 1.165) is 41.5 Å². The predicted octanol–water partition coefficient (Wildman–Crippen LogP) is 7.84. The van der Waals surface area contributed by atoms with Crippen LogP contribution in [0.25, 0.3) is 0 Å². The van der Waals surface area contributed by atoms with E-state index in [9.17, 15) is 4.79 Å². The Kier molecular flexibility index (Phi) is 11.6. The van der Waals surface area contributed by atoms with Crippen LogP contribution in [-0.2, 0) is 4.79 Å². The molecule has 0 bridgehead atoms. The van der Waals surface area contributed by atoms with Gasteiger partial charge >= 0.3 is 0 Å². The average molecular weight is 659 g/mol. The molecule has 2 aromatic carbocycles. The molecule has 0 spiro atoms. The van der Waals surface area contributed by atoms with Crippen LogP contribution in [0, 0.1) is 0 Å². The first-order chi connectivity index (χ1) is 20.4. The number of fused-ring (bicyclic) bond motifs is 1. The number of ether oxygens (including phenoxy) is 3. The van der Waals surface area contributed by atoms with E-state index in [4.69, 9.17) is 24.3 Å². The van der Waals surface area contributed by atoms with Crippen LogP contribution >= 0.6 is 27.7 Å². The number of unbranched alkanes of at least 4 members (excludes halogenated alkanes) is 2. The minimum atomic E-state index is -0.575. The number of allylic oxidation sites excluding steroid dienone is 1. The third-order valence-electron chi connectivity index (χ3n) is 6.59. The van der Waals surface area contributed by atoms with Crippen LogP contribution in [-0.4, -0.2) is 46.2 Å². The van der Waals surface area contributed by atoms with Crippen LogP contribution in [0.1, 0.15) is 71.9 Å². The summed E-state index contributed by atoms with van der Waals surface area (Å²) in [7, 11) is 0. The van der Waals surface area contributed by atoms with E-state index < -0.39 is 6.04 Å². The number of nitrogens with zero attached hydrogens (tertiary/aromatic N) is 3. The minimum absolute atomic E-state index is 0.268. The highest BCUT2D eigenvalue weighted by atomic mass is 79.9. The van der Waals surface area contributed by atoms with Crippen molar-refractivity contribution in [2.24, 2.45) is 0 Å². The van der Waals surface area contributed by atoms with Gasteiger partial charge in [0.1, 0.15) is 11.8 Å². The highest BCUT2D eigenvalue weighted by Crippen LogP contribution is 2.43. The second-order valence-electron chi connectivity index (χ2n) is 9.78. The van der Waals surface area contributed by atoms with E-state index in [1.54, 1.807) is 16.4 Å². The number of hydrogen-bond donors (Lipinski definition) is 2. The van der Waals surface area contributed by atoms with Crippen molar-refractivity contribution in [3.8, 4) is 17.2 Å². The highest BCUT2D eigenvalue weighted by Gasteiger charge is 2.35. The summed E-state index contributed by atoms with van der Waals surface area (Å²) in [6, 6.07) is 10.8. The molecule has 1 atom stereocenters. The van der Waals surface area contributed by atoms with Crippen LogP contribution in [0.3, 0.4) is 0 Å². The van der Waals surface area contributed by atoms with E-state index in [2.05, 4.69) is 40.4 Å². The van der Waals surface area contributed by atoms with Crippen molar-refractivity contribution in [2.45, 2.75) is 71.5 Å². The standard InChI is InChI=1S/C31H40BrN5O4S/c1-6-10-13-16-41-28-22(32)18-21(19-25(28)40-9-4)27-26(29(38)34-23-14-11-12-15-24(23)39-8-3)20(5)33-30-35-31(36-37(27)30)42-17-7-2/h11-12,14-15,18-19,27H,6-10,13,16-17H2,1-5H3,(H,34,38)(H,33,35,36). The van der Waals surface area contributed by atoms with Crippen LogP contribution in [0.4, 0.5) is 11.6 Å². The largest absolute Gasteiger partial charge is 0.492 e. The fraction of sp³-hybridized carbons (Fsp3) is 0.452. The van der Waals surface area contributed by atoms with Crippen molar-refractivity contribution >= 4 is 45.2 Å². The first-order valence-electron chi connectivity index (χ1n) is 14.6. The van der Waals surface area contributed by atoms with Gasteiger partial charge in [-0.2, -0.15) is 4.98 Å². The van der Waals surface area contributed by atoms with Crippen molar-refractivity contribution in [2.75, 3.05) is 36.2 Å². The predicted molar refractivity (Wildman–Crippen MR) is 172 cm³/mol. The number of carbonyl (C=O) groups is 1. The Morgan fingerprint density at radius 2 is 1.81 bits per heavy atom. The zero-order valence-electron chi connectivity index (χ0n) is 25.0. The Morgan fingerprint density at radius 3 is 2.55 bits per heavy atom. The Hall–Kier alpha value is -3.18. The lowest BCUT2D eigenvalue weighted by molar-refractivity contribution is -0.113. The molecule has 1 aromatic heterocycles. The van der Waals surface area contributed by atoms with Gasteiger partial charge in [-0.05, 0) is 79.4 Å². The monoisotopic (exact) mass is 657 g/mol. The molecule has 0 saturated heterocycles. The molecular formula is C31H40BrN5O4S. The molecule has 4 rings (SSSR count). The molecule has 1 aliphatic heterocycles. The summed E-state index contributed by atoms with van der Waals surface area (Å²) >= 11 is 5.32. The van der Waals surface area contributed by atoms with E-state index in [-0.39, 0.29) is 5.91 Å². The van der Waals surface area contributed by atoms with Gasteiger partial charge in [-0.25, -0.2) is 4.68 Å². The van der Waals surface area contributed by atoms with Gasteiger partial charge in [0.25, 0.3) is 5.91 Å². The lowest BCUT2D eigenvalue weighted by Gasteiger charge is -2.29. The Bertz CT molecular complexity index is 1410. The maximum absolute atomic E-state index is 14.1. The van der Waals surface area contributed by atoms with Gasteiger partial charge in [-0.15, -0.1) is 5.10 Å². The molecule has 0 aliphatic carbocycles. The van der Waals surface area contributed by atoms with Crippen LogP contribution in [0.5, 0.6) is 17.2 Å². The first kappa shape index (κ1) is 31.7. The number of benzene rings is 2. The number of rotatable bonds is 15. The number of carbonyl (C=O) groups excluding carboxylic acids is 1. The molecule has 0 radical (unpaired) electrons. The van der Waals surface area contributed by atoms with E-state index in [1.807, 2.05) is 57.2 Å². The molecule has 9 nitrogen and oxygen atoms in total. The number of halogens is 1. The zero-order chi connectivity index (χ0) is 30.1. The molecule has 0 fully saturated rings. The van der Waals surface area contributed by atoms with Gasteiger partial charge in [-0.1, -0.05) is 50.6 Å².